The van der Waals surface area contributed by atoms with Crippen LogP contribution in [-0.4, -0.2) is 62.9 Å². The second-order valence-corrected chi connectivity index (χ2v) is 8.53. The first-order valence-corrected chi connectivity index (χ1v) is 10.8. The van der Waals surface area contributed by atoms with E-state index in [1.54, 1.807) is 23.0 Å². The summed E-state index contributed by atoms with van der Waals surface area (Å²) in [5.41, 5.74) is 1.50. The van der Waals surface area contributed by atoms with Crippen LogP contribution < -0.4 is 10.2 Å². The monoisotopic (exact) mass is 423 g/mol. The SMILES string of the molecule is CC(C)NC(=O)N1CCN(c2nc(C3CC3)nc3c2cnn3-c2ccc(F)cc2)CC1. The number of carbonyl (C=O) groups is 1. The molecule has 0 bridgehead atoms. The van der Waals surface area contributed by atoms with E-state index in [9.17, 15) is 9.18 Å². The van der Waals surface area contributed by atoms with Gasteiger partial charge in [-0.25, -0.2) is 23.8 Å². The summed E-state index contributed by atoms with van der Waals surface area (Å²) in [6.07, 6.45) is 3.97. The molecule has 9 heteroatoms. The van der Waals surface area contributed by atoms with Crippen LogP contribution in [0.15, 0.2) is 30.5 Å². The van der Waals surface area contributed by atoms with Gasteiger partial charge in [0.2, 0.25) is 0 Å². The number of nitrogens with zero attached hydrogens (tertiary/aromatic N) is 6. The smallest absolute Gasteiger partial charge is 0.317 e. The molecule has 3 aromatic rings. The molecule has 0 atom stereocenters. The zero-order chi connectivity index (χ0) is 21.5. The average molecular weight is 423 g/mol. The molecular formula is C22H26FN7O. The Labute approximate surface area is 180 Å². The van der Waals surface area contributed by atoms with Gasteiger partial charge in [0.05, 0.1) is 17.3 Å². The molecule has 1 aliphatic heterocycles. The Balaban J connectivity index is 1.46. The summed E-state index contributed by atoms with van der Waals surface area (Å²) in [4.78, 5) is 26.1. The third-order valence-corrected chi connectivity index (χ3v) is 5.72. The normalized spacial score (nSPS) is 16.9. The Morgan fingerprint density at radius 1 is 1.10 bits per heavy atom. The van der Waals surface area contributed by atoms with Crippen LogP contribution in [0.25, 0.3) is 16.7 Å². The van der Waals surface area contributed by atoms with Crippen LogP contribution in [0, 0.1) is 5.82 Å². The molecule has 31 heavy (non-hydrogen) atoms. The van der Waals surface area contributed by atoms with Crippen molar-refractivity contribution in [3.05, 3.63) is 42.1 Å². The number of benzene rings is 1. The van der Waals surface area contributed by atoms with E-state index in [1.165, 1.54) is 12.1 Å². The van der Waals surface area contributed by atoms with E-state index in [2.05, 4.69) is 15.3 Å². The minimum Gasteiger partial charge on any atom is -0.352 e. The summed E-state index contributed by atoms with van der Waals surface area (Å²) in [5, 5.41) is 8.36. The molecule has 1 N–H and O–H groups in total. The number of nitrogens with one attached hydrogen (secondary N) is 1. The van der Waals surface area contributed by atoms with Gasteiger partial charge in [-0.2, -0.15) is 5.10 Å². The summed E-state index contributed by atoms with van der Waals surface area (Å²) in [6.45, 7) is 6.59. The number of hydrogen-bond acceptors (Lipinski definition) is 5. The number of anilines is 1. The van der Waals surface area contributed by atoms with Gasteiger partial charge in [0.15, 0.2) is 5.65 Å². The Morgan fingerprint density at radius 2 is 1.81 bits per heavy atom. The number of aromatic nitrogens is 4. The van der Waals surface area contributed by atoms with Crippen molar-refractivity contribution < 1.29 is 9.18 Å². The summed E-state index contributed by atoms with van der Waals surface area (Å²) < 4.78 is 15.1. The van der Waals surface area contributed by atoms with Gasteiger partial charge >= 0.3 is 6.03 Å². The Morgan fingerprint density at radius 3 is 2.45 bits per heavy atom. The molecule has 0 spiro atoms. The number of hydrogen-bond donors (Lipinski definition) is 1. The van der Waals surface area contributed by atoms with Crippen molar-refractivity contribution in [3.8, 4) is 5.69 Å². The predicted molar refractivity (Wildman–Crippen MR) is 116 cm³/mol. The number of urea groups is 1. The zero-order valence-electron chi connectivity index (χ0n) is 17.8. The third-order valence-electron chi connectivity index (χ3n) is 5.72. The summed E-state index contributed by atoms with van der Waals surface area (Å²) in [5.74, 6) is 1.81. The van der Waals surface area contributed by atoms with Crippen LogP contribution >= 0.6 is 0 Å². The van der Waals surface area contributed by atoms with E-state index in [0.29, 0.717) is 32.1 Å². The lowest BCUT2D eigenvalue weighted by atomic mass is 10.2. The first-order chi connectivity index (χ1) is 15.0. The number of piperazine rings is 1. The minimum absolute atomic E-state index is 0.0229. The van der Waals surface area contributed by atoms with Gasteiger partial charge in [0.1, 0.15) is 17.5 Å². The largest absolute Gasteiger partial charge is 0.352 e. The second kappa shape index (κ2) is 7.79. The van der Waals surface area contributed by atoms with E-state index in [0.717, 1.165) is 41.2 Å². The number of carbonyl (C=O) groups excluding carboxylic acids is 1. The molecule has 8 nitrogen and oxygen atoms in total. The van der Waals surface area contributed by atoms with Crippen molar-refractivity contribution in [3.63, 3.8) is 0 Å². The number of fused-ring (bicyclic) bond motifs is 1. The van der Waals surface area contributed by atoms with Crippen LogP contribution in [-0.2, 0) is 0 Å². The molecule has 1 saturated carbocycles. The molecule has 1 aromatic carbocycles. The van der Waals surface area contributed by atoms with Gasteiger partial charge in [-0.05, 0) is 51.0 Å². The molecule has 0 radical (unpaired) electrons. The van der Waals surface area contributed by atoms with E-state index >= 15 is 0 Å². The van der Waals surface area contributed by atoms with Crippen molar-refractivity contribution in [1.29, 1.82) is 0 Å². The number of amides is 2. The molecule has 3 heterocycles. The predicted octanol–water partition coefficient (Wildman–Crippen LogP) is 3.07. The summed E-state index contributed by atoms with van der Waals surface area (Å²) in [7, 11) is 0. The standard InChI is InChI=1S/C22H26FN7O/c1-14(2)25-22(31)29-11-9-28(10-12-29)20-18-13-24-30(17-7-5-16(23)6-8-17)21(18)27-19(26-20)15-3-4-15/h5-8,13-15H,3-4,9-12H2,1-2H3,(H,25,31). The lowest BCUT2D eigenvalue weighted by Crippen LogP contribution is -2.53. The maximum Gasteiger partial charge on any atom is 0.317 e. The molecule has 2 amide bonds. The topological polar surface area (TPSA) is 79.2 Å². The fraction of sp³-hybridized carbons (Fsp3) is 0.455. The van der Waals surface area contributed by atoms with Crippen LogP contribution in [0.4, 0.5) is 15.0 Å². The molecule has 5 rings (SSSR count). The van der Waals surface area contributed by atoms with Crippen molar-refractivity contribution in [2.45, 2.75) is 38.6 Å². The van der Waals surface area contributed by atoms with Crippen LogP contribution in [0.5, 0.6) is 0 Å². The maximum absolute atomic E-state index is 13.4. The Kier molecular flexibility index (Phi) is 4.95. The Bertz CT molecular complexity index is 1100. The van der Waals surface area contributed by atoms with Gasteiger partial charge in [-0.15, -0.1) is 0 Å². The summed E-state index contributed by atoms with van der Waals surface area (Å²) >= 11 is 0. The van der Waals surface area contributed by atoms with E-state index < -0.39 is 0 Å². The molecule has 2 aliphatic rings. The lowest BCUT2D eigenvalue weighted by Gasteiger charge is -2.36. The molecule has 0 unspecified atom stereocenters. The number of rotatable bonds is 4. The van der Waals surface area contributed by atoms with E-state index in [1.807, 2.05) is 18.7 Å². The highest BCUT2D eigenvalue weighted by Gasteiger charge is 2.31. The lowest BCUT2D eigenvalue weighted by molar-refractivity contribution is 0.192. The van der Waals surface area contributed by atoms with E-state index in [-0.39, 0.29) is 17.9 Å². The summed E-state index contributed by atoms with van der Waals surface area (Å²) in [6, 6.07) is 6.34. The molecule has 2 fully saturated rings. The molecule has 2 aromatic heterocycles. The van der Waals surface area contributed by atoms with E-state index in [4.69, 9.17) is 9.97 Å². The van der Waals surface area contributed by atoms with Crippen molar-refractivity contribution >= 4 is 22.9 Å². The van der Waals surface area contributed by atoms with Crippen molar-refractivity contribution in [1.82, 2.24) is 30.0 Å². The quantitative estimate of drug-likeness (QED) is 0.698. The van der Waals surface area contributed by atoms with Gasteiger partial charge in [-0.1, -0.05) is 0 Å². The number of halogens is 1. The Hall–Kier alpha value is -3.23. The van der Waals surface area contributed by atoms with Crippen molar-refractivity contribution in [2.24, 2.45) is 0 Å². The minimum atomic E-state index is -0.284. The fourth-order valence-electron chi connectivity index (χ4n) is 3.91. The van der Waals surface area contributed by atoms with Gasteiger partial charge in [-0.3, -0.25) is 0 Å². The highest BCUT2D eigenvalue weighted by molar-refractivity contribution is 5.88. The second-order valence-electron chi connectivity index (χ2n) is 8.53. The van der Waals surface area contributed by atoms with Gasteiger partial charge < -0.3 is 15.1 Å². The molecule has 1 saturated heterocycles. The average Bonchev–Trinajstić information content (AvgIpc) is 3.53. The highest BCUT2D eigenvalue weighted by Crippen LogP contribution is 2.40. The highest BCUT2D eigenvalue weighted by atomic mass is 19.1. The molecular weight excluding hydrogens is 397 g/mol. The van der Waals surface area contributed by atoms with Gasteiger partial charge in [0.25, 0.3) is 0 Å². The first-order valence-electron chi connectivity index (χ1n) is 10.8. The van der Waals surface area contributed by atoms with Crippen LogP contribution in [0.1, 0.15) is 38.4 Å². The van der Waals surface area contributed by atoms with Crippen LogP contribution in [0.2, 0.25) is 0 Å². The van der Waals surface area contributed by atoms with Crippen LogP contribution in [0.3, 0.4) is 0 Å². The third kappa shape index (κ3) is 3.92. The maximum atomic E-state index is 13.4. The molecule has 162 valence electrons. The molecule has 1 aliphatic carbocycles. The zero-order valence-corrected chi connectivity index (χ0v) is 17.8. The van der Waals surface area contributed by atoms with Gasteiger partial charge in [0, 0.05) is 38.1 Å². The first kappa shape index (κ1) is 19.7. The van der Waals surface area contributed by atoms with Crippen molar-refractivity contribution in [2.75, 3.05) is 31.1 Å². The fourth-order valence-corrected chi connectivity index (χ4v) is 3.91.